The van der Waals surface area contributed by atoms with E-state index in [4.69, 9.17) is 19.2 Å². The molecule has 0 spiro atoms. The lowest BCUT2D eigenvalue weighted by molar-refractivity contribution is 0.0989. The number of nitrogens with zero attached hydrogens (tertiary/aromatic N) is 3. The second-order valence-electron chi connectivity index (χ2n) is 10.0. The monoisotopic (exact) mass is 551 g/mol. The quantitative estimate of drug-likeness (QED) is 0.188. The van der Waals surface area contributed by atoms with Crippen molar-refractivity contribution in [3.8, 4) is 22.9 Å². The fourth-order valence-electron chi connectivity index (χ4n) is 4.70. The van der Waals surface area contributed by atoms with Crippen molar-refractivity contribution in [2.45, 2.75) is 33.0 Å². The van der Waals surface area contributed by atoms with Gasteiger partial charge < -0.3 is 24.0 Å². The topological polar surface area (TPSA) is 64.1 Å². The maximum atomic E-state index is 12.4. The molecule has 7 heteroatoms. The molecule has 0 bridgehead atoms. The Bertz CT molecular complexity index is 1390. The van der Waals surface area contributed by atoms with Gasteiger partial charge in [-0.25, -0.2) is 4.79 Å². The summed E-state index contributed by atoms with van der Waals surface area (Å²) in [5.41, 5.74) is 5.14. The molecule has 0 N–H and O–H groups in total. The average Bonchev–Trinajstić information content (AvgIpc) is 3.04. The van der Waals surface area contributed by atoms with Crippen molar-refractivity contribution in [3.63, 3.8) is 0 Å². The van der Waals surface area contributed by atoms with Gasteiger partial charge in [0, 0.05) is 43.5 Å². The van der Waals surface area contributed by atoms with Gasteiger partial charge in [0.15, 0.2) is 0 Å². The molecule has 1 aromatic heterocycles. The first-order chi connectivity index (χ1) is 20.2. The van der Waals surface area contributed by atoms with Gasteiger partial charge in [0.05, 0.1) is 6.61 Å². The fraction of sp³-hybridized carbons (Fsp3) is 0.294. The van der Waals surface area contributed by atoms with Crippen LogP contribution in [0.3, 0.4) is 0 Å². The van der Waals surface area contributed by atoms with Gasteiger partial charge in [-0.05, 0) is 41.3 Å². The zero-order chi connectivity index (χ0) is 28.3. The number of aromatic nitrogens is 1. The minimum Gasteiger partial charge on any atom is -0.473 e. The molecule has 5 rings (SSSR count). The van der Waals surface area contributed by atoms with Crippen molar-refractivity contribution >= 4 is 11.8 Å². The van der Waals surface area contributed by atoms with Crippen molar-refractivity contribution in [1.29, 1.82) is 0 Å². The molecule has 0 atom stereocenters. The van der Waals surface area contributed by atoms with Crippen LogP contribution in [0.5, 0.6) is 11.8 Å². The lowest BCUT2D eigenvalue weighted by Crippen LogP contribution is -2.49. The van der Waals surface area contributed by atoms with E-state index in [0.717, 1.165) is 53.9 Å². The molecule has 2 heterocycles. The first kappa shape index (κ1) is 28.0. The largest absolute Gasteiger partial charge is 0.473 e. The molecule has 4 aromatic rings. The van der Waals surface area contributed by atoms with Gasteiger partial charge in [-0.15, -0.1) is 0 Å². The van der Waals surface area contributed by atoms with Crippen LogP contribution < -0.4 is 14.4 Å². The number of carbonyl (C=O) groups excluding carboxylic acids is 1. The maximum Gasteiger partial charge on any atom is 0.409 e. The SMILES string of the molecule is CCCCOC(=O)N1CCN(c2cccc(-c3ccc(OCc4ccccc4)nc3OCc3ccccc3)c2)CC1. The number of ether oxygens (including phenoxy) is 3. The van der Waals surface area contributed by atoms with Gasteiger partial charge in [0.1, 0.15) is 13.2 Å². The van der Waals surface area contributed by atoms with E-state index >= 15 is 0 Å². The van der Waals surface area contributed by atoms with Gasteiger partial charge in [-0.1, -0.05) is 86.1 Å². The van der Waals surface area contributed by atoms with E-state index in [2.05, 4.69) is 36.1 Å². The van der Waals surface area contributed by atoms with E-state index in [1.54, 1.807) is 4.90 Å². The van der Waals surface area contributed by atoms with Crippen LogP contribution in [0.1, 0.15) is 30.9 Å². The Morgan fingerprint density at radius 2 is 1.46 bits per heavy atom. The normalized spacial score (nSPS) is 13.1. The van der Waals surface area contributed by atoms with E-state index in [1.165, 1.54) is 0 Å². The van der Waals surface area contributed by atoms with Gasteiger partial charge >= 0.3 is 6.09 Å². The zero-order valence-electron chi connectivity index (χ0n) is 23.6. The zero-order valence-corrected chi connectivity index (χ0v) is 23.6. The van der Waals surface area contributed by atoms with E-state index in [0.29, 0.717) is 44.7 Å². The molecular formula is C34H37N3O4. The second-order valence-corrected chi connectivity index (χ2v) is 10.0. The number of hydrogen-bond acceptors (Lipinski definition) is 6. The second kappa shape index (κ2) is 14.2. The maximum absolute atomic E-state index is 12.4. The minimum absolute atomic E-state index is 0.215. The van der Waals surface area contributed by atoms with Crippen LogP contribution in [0.25, 0.3) is 11.1 Å². The number of pyridine rings is 1. The number of amides is 1. The highest BCUT2D eigenvalue weighted by molar-refractivity contribution is 5.73. The van der Waals surface area contributed by atoms with Gasteiger partial charge in [-0.2, -0.15) is 4.98 Å². The first-order valence-corrected chi connectivity index (χ1v) is 14.3. The molecule has 0 unspecified atom stereocenters. The third-order valence-corrected chi connectivity index (χ3v) is 7.07. The Morgan fingerprint density at radius 1 is 0.780 bits per heavy atom. The predicted molar refractivity (Wildman–Crippen MR) is 161 cm³/mol. The molecule has 3 aromatic carbocycles. The van der Waals surface area contributed by atoms with E-state index in [9.17, 15) is 4.79 Å². The highest BCUT2D eigenvalue weighted by atomic mass is 16.6. The molecule has 41 heavy (non-hydrogen) atoms. The number of piperazine rings is 1. The van der Waals surface area contributed by atoms with Crippen molar-refractivity contribution in [2.24, 2.45) is 0 Å². The van der Waals surface area contributed by atoms with Crippen LogP contribution in [0.15, 0.2) is 97.1 Å². The summed E-state index contributed by atoms with van der Waals surface area (Å²) >= 11 is 0. The Morgan fingerprint density at radius 3 is 2.15 bits per heavy atom. The first-order valence-electron chi connectivity index (χ1n) is 14.3. The molecule has 1 aliphatic heterocycles. The van der Waals surface area contributed by atoms with Crippen LogP contribution in [0.4, 0.5) is 10.5 Å². The molecule has 0 saturated carbocycles. The summed E-state index contributed by atoms with van der Waals surface area (Å²) in [5.74, 6) is 1.04. The summed E-state index contributed by atoms with van der Waals surface area (Å²) in [5, 5.41) is 0. The van der Waals surface area contributed by atoms with E-state index in [1.807, 2.05) is 72.8 Å². The van der Waals surface area contributed by atoms with E-state index < -0.39 is 0 Å². The number of anilines is 1. The smallest absolute Gasteiger partial charge is 0.409 e. The van der Waals surface area contributed by atoms with Crippen LogP contribution in [0.2, 0.25) is 0 Å². The van der Waals surface area contributed by atoms with Crippen LogP contribution in [0, 0.1) is 0 Å². The van der Waals surface area contributed by atoms with Crippen molar-refractivity contribution in [1.82, 2.24) is 9.88 Å². The summed E-state index contributed by atoms with van der Waals surface area (Å²) in [6.45, 7) is 6.16. The highest BCUT2D eigenvalue weighted by Gasteiger charge is 2.23. The molecule has 1 amide bonds. The lowest BCUT2D eigenvalue weighted by Gasteiger charge is -2.35. The third kappa shape index (κ3) is 7.78. The van der Waals surface area contributed by atoms with Crippen LogP contribution >= 0.6 is 0 Å². The molecule has 0 radical (unpaired) electrons. The molecule has 1 aliphatic rings. The number of benzene rings is 3. The van der Waals surface area contributed by atoms with Gasteiger partial charge in [-0.3, -0.25) is 0 Å². The molecule has 1 fully saturated rings. The highest BCUT2D eigenvalue weighted by Crippen LogP contribution is 2.33. The Labute approximate surface area is 242 Å². The number of unbranched alkanes of at least 4 members (excludes halogenated alkanes) is 1. The number of hydrogen-bond donors (Lipinski definition) is 0. The van der Waals surface area contributed by atoms with Crippen LogP contribution in [-0.4, -0.2) is 48.8 Å². The molecule has 0 aliphatic carbocycles. The predicted octanol–water partition coefficient (Wildman–Crippen LogP) is 6.97. The average molecular weight is 552 g/mol. The Balaban J connectivity index is 1.31. The van der Waals surface area contributed by atoms with Crippen molar-refractivity contribution < 1.29 is 19.0 Å². The molecular weight excluding hydrogens is 514 g/mol. The Kier molecular flexibility index (Phi) is 9.71. The summed E-state index contributed by atoms with van der Waals surface area (Å²) < 4.78 is 17.7. The van der Waals surface area contributed by atoms with Gasteiger partial charge in [0.25, 0.3) is 0 Å². The molecule has 1 saturated heterocycles. The summed E-state index contributed by atoms with van der Waals surface area (Å²) in [7, 11) is 0. The summed E-state index contributed by atoms with van der Waals surface area (Å²) in [6, 6.07) is 32.4. The fourth-order valence-corrected chi connectivity index (χ4v) is 4.70. The van der Waals surface area contributed by atoms with Crippen molar-refractivity contribution in [3.05, 3.63) is 108 Å². The Hall–Kier alpha value is -4.52. The number of rotatable bonds is 11. The van der Waals surface area contributed by atoms with Crippen LogP contribution in [-0.2, 0) is 18.0 Å². The lowest BCUT2D eigenvalue weighted by atomic mass is 10.1. The number of carbonyl (C=O) groups is 1. The third-order valence-electron chi connectivity index (χ3n) is 7.07. The van der Waals surface area contributed by atoms with Crippen molar-refractivity contribution in [2.75, 3.05) is 37.7 Å². The summed E-state index contributed by atoms with van der Waals surface area (Å²) in [6.07, 6.45) is 1.69. The van der Waals surface area contributed by atoms with Gasteiger partial charge in [0.2, 0.25) is 11.8 Å². The summed E-state index contributed by atoms with van der Waals surface area (Å²) in [4.78, 5) is 21.2. The minimum atomic E-state index is -0.215. The standard InChI is InChI=1S/C34H37N3O4/c1-2-3-23-39-34(38)37-21-19-36(20-22-37)30-16-10-15-29(24-30)31-17-18-32(40-25-27-11-6-4-7-12-27)35-33(31)41-26-28-13-8-5-9-14-28/h4-18,24H,2-3,19-23,25-26H2,1H3. The molecule has 212 valence electrons. The van der Waals surface area contributed by atoms with E-state index in [-0.39, 0.29) is 6.09 Å². The molecule has 7 nitrogen and oxygen atoms in total.